The minimum Gasteiger partial charge on any atom is -0.497 e. The fraction of sp³-hybridized carbons (Fsp3) is 0.143. The summed E-state index contributed by atoms with van der Waals surface area (Å²) in [6, 6.07) is 6.89. The van der Waals surface area contributed by atoms with Crippen molar-refractivity contribution in [1.82, 2.24) is 4.98 Å². The average Bonchev–Trinajstić information content (AvgIpc) is 2.46. The van der Waals surface area contributed by atoms with Gasteiger partial charge >= 0.3 is 5.97 Å². The average molecular weight is 338 g/mol. The highest BCUT2D eigenvalue weighted by atomic mass is 79.9. The van der Waals surface area contributed by atoms with E-state index in [4.69, 9.17) is 14.6 Å². The zero-order chi connectivity index (χ0) is 14.5. The molecule has 0 aliphatic carbocycles. The maximum absolute atomic E-state index is 11.1. The first-order valence-corrected chi connectivity index (χ1v) is 6.53. The topological polar surface area (TPSA) is 68.7 Å². The molecule has 2 rings (SSSR count). The largest absolute Gasteiger partial charge is 0.497 e. The molecule has 0 unspecified atom stereocenters. The second kappa shape index (κ2) is 6.38. The standard InChI is InChI=1S/C14H12BrNO4/c1-19-10-2-3-12(15)9(6-10)8-20-13-7-16-5-4-11(13)14(17)18/h2-7H,8H2,1H3,(H,17,18). The number of ether oxygens (including phenoxy) is 2. The van der Waals surface area contributed by atoms with Crippen LogP contribution < -0.4 is 9.47 Å². The van der Waals surface area contributed by atoms with Gasteiger partial charge in [0.05, 0.1) is 13.3 Å². The van der Waals surface area contributed by atoms with E-state index in [1.165, 1.54) is 18.5 Å². The number of carbonyl (C=O) groups is 1. The Balaban J connectivity index is 2.19. The van der Waals surface area contributed by atoms with Gasteiger partial charge in [-0.3, -0.25) is 4.98 Å². The van der Waals surface area contributed by atoms with Crippen LogP contribution in [0, 0.1) is 0 Å². The normalized spacial score (nSPS) is 10.1. The number of pyridine rings is 1. The first-order valence-electron chi connectivity index (χ1n) is 5.74. The second-order valence-electron chi connectivity index (χ2n) is 3.92. The van der Waals surface area contributed by atoms with Crippen LogP contribution in [-0.4, -0.2) is 23.2 Å². The summed E-state index contributed by atoms with van der Waals surface area (Å²) < 4.78 is 11.5. The minimum atomic E-state index is -1.05. The summed E-state index contributed by atoms with van der Waals surface area (Å²) >= 11 is 3.41. The predicted molar refractivity (Wildman–Crippen MR) is 76.2 cm³/mol. The first kappa shape index (κ1) is 14.3. The highest BCUT2D eigenvalue weighted by Gasteiger charge is 2.11. The van der Waals surface area contributed by atoms with Crippen molar-refractivity contribution < 1.29 is 19.4 Å². The van der Waals surface area contributed by atoms with E-state index < -0.39 is 5.97 Å². The maximum atomic E-state index is 11.1. The number of hydrogen-bond donors (Lipinski definition) is 1. The number of carboxylic acid groups (broad SMARTS) is 1. The van der Waals surface area contributed by atoms with Crippen molar-refractivity contribution in [3.05, 3.63) is 52.3 Å². The van der Waals surface area contributed by atoms with Crippen LogP contribution >= 0.6 is 15.9 Å². The molecule has 0 amide bonds. The van der Waals surface area contributed by atoms with Crippen molar-refractivity contribution in [2.24, 2.45) is 0 Å². The van der Waals surface area contributed by atoms with E-state index in [1.54, 1.807) is 7.11 Å². The van der Waals surface area contributed by atoms with Crippen LogP contribution in [0.4, 0.5) is 0 Å². The molecule has 1 heterocycles. The smallest absolute Gasteiger partial charge is 0.339 e. The van der Waals surface area contributed by atoms with Crippen LogP contribution in [0.3, 0.4) is 0 Å². The Bertz CT molecular complexity index is 630. The summed E-state index contributed by atoms with van der Waals surface area (Å²) in [6.07, 6.45) is 2.80. The highest BCUT2D eigenvalue weighted by molar-refractivity contribution is 9.10. The number of hydrogen-bond acceptors (Lipinski definition) is 4. The highest BCUT2D eigenvalue weighted by Crippen LogP contribution is 2.25. The monoisotopic (exact) mass is 337 g/mol. The number of aromatic carboxylic acids is 1. The van der Waals surface area contributed by atoms with E-state index >= 15 is 0 Å². The van der Waals surface area contributed by atoms with Gasteiger partial charge in [-0.1, -0.05) is 15.9 Å². The number of halogens is 1. The molecule has 6 heteroatoms. The number of rotatable bonds is 5. The molecule has 104 valence electrons. The lowest BCUT2D eigenvalue weighted by Gasteiger charge is -2.10. The van der Waals surface area contributed by atoms with Crippen LogP contribution in [0.1, 0.15) is 15.9 Å². The molecule has 0 saturated carbocycles. The lowest BCUT2D eigenvalue weighted by atomic mass is 10.2. The van der Waals surface area contributed by atoms with Gasteiger partial charge in [0.1, 0.15) is 17.9 Å². The number of nitrogens with zero attached hydrogens (tertiary/aromatic N) is 1. The fourth-order valence-corrected chi connectivity index (χ4v) is 1.98. The molecule has 0 bridgehead atoms. The van der Waals surface area contributed by atoms with Crippen molar-refractivity contribution >= 4 is 21.9 Å². The quantitative estimate of drug-likeness (QED) is 0.907. The zero-order valence-corrected chi connectivity index (χ0v) is 12.3. The summed E-state index contributed by atoms with van der Waals surface area (Å²) in [7, 11) is 1.58. The van der Waals surface area contributed by atoms with Crippen LogP contribution in [0.5, 0.6) is 11.5 Å². The van der Waals surface area contributed by atoms with E-state index in [2.05, 4.69) is 20.9 Å². The van der Waals surface area contributed by atoms with E-state index in [0.717, 1.165) is 10.0 Å². The van der Waals surface area contributed by atoms with Crippen LogP contribution in [0.2, 0.25) is 0 Å². The maximum Gasteiger partial charge on any atom is 0.339 e. The van der Waals surface area contributed by atoms with Gasteiger partial charge in [0, 0.05) is 16.2 Å². The van der Waals surface area contributed by atoms with Crippen molar-refractivity contribution in [3.8, 4) is 11.5 Å². The lowest BCUT2D eigenvalue weighted by Crippen LogP contribution is -2.04. The van der Waals surface area contributed by atoms with Crippen molar-refractivity contribution in [1.29, 1.82) is 0 Å². The summed E-state index contributed by atoms with van der Waals surface area (Å²) in [5.41, 5.74) is 0.934. The van der Waals surface area contributed by atoms with Crippen molar-refractivity contribution in [2.75, 3.05) is 7.11 Å². The Hall–Kier alpha value is -2.08. The Morgan fingerprint density at radius 2 is 2.20 bits per heavy atom. The fourth-order valence-electron chi connectivity index (χ4n) is 1.62. The molecule has 2 aromatic rings. The molecule has 0 radical (unpaired) electrons. The van der Waals surface area contributed by atoms with E-state index in [1.807, 2.05) is 18.2 Å². The van der Waals surface area contributed by atoms with Gasteiger partial charge in [-0.15, -0.1) is 0 Å². The van der Waals surface area contributed by atoms with E-state index in [-0.39, 0.29) is 17.9 Å². The molecule has 0 atom stereocenters. The SMILES string of the molecule is COc1ccc(Br)c(COc2cnccc2C(=O)O)c1. The molecule has 0 spiro atoms. The van der Waals surface area contributed by atoms with Gasteiger partial charge in [0.25, 0.3) is 0 Å². The van der Waals surface area contributed by atoms with Gasteiger partial charge in [0.2, 0.25) is 0 Å². The van der Waals surface area contributed by atoms with Crippen LogP contribution in [-0.2, 0) is 6.61 Å². The molecule has 0 aliphatic rings. The number of benzene rings is 1. The van der Waals surface area contributed by atoms with Gasteiger partial charge < -0.3 is 14.6 Å². The zero-order valence-electron chi connectivity index (χ0n) is 10.7. The molecule has 1 aromatic heterocycles. The molecule has 1 N–H and O–H groups in total. The molecule has 5 nitrogen and oxygen atoms in total. The molecule has 0 fully saturated rings. The molecule has 1 aromatic carbocycles. The molecule has 20 heavy (non-hydrogen) atoms. The Labute approximate surface area is 124 Å². The molecule has 0 saturated heterocycles. The number of carboxylic acids is 1. The Kier molecular flexibility index (Phi) is 4.57. The number of aromatic nitrogens is 1. The Morgan fingerprint density at radius 3 is 2.90 bits per heavy atom. The van der Waals surface area contributed by atoms with Gasteiger partial charge in [-0.2, -0.15) is 0 Å². The third-order valence-corrected chi connectivity index (χ3v) is 3.42. The van der Waals surface area contributed by atoms with E-state index in [9.17, 15) is 4.79 Å². The van der Waals surface area contributed by atoms with E-state index in [0.29, 0.717) is 5.75 Å². The van der Waals surface area contributed by atoms with Crippen molar-refractivity contribution in [2.45, 2.75) is 6.61 Å². The van der Waals surface area contributed by atoms with Gasteiger partial charge in [0.15, 0.2) is 5.75 Å². The third-order valence-electron chi connectivity index (χ3n) is 2.65. The minimum absolute atomic E-state index is 0.0824. The van der Waals surface area contributed by atoms with Gasteiger partial charge in [-0.05, 0) is 24.3 Å². The van der Waals surface area contributed by atoms with Crippen molar-refractivity contribution in [3.63, 3.8) is 0 Å². The molecular formula is C14H12BrNO4. The Morgan fingerprint density at radius 1 is 1.40 bits per heavy atom. The lowest BCUT2D eigenvalue weighted by molar-refractivity contribution is 0.0691. The summed E-state index contributed by atoms with van der Waals surface area (Å²) in [6.45, 7) is 0.212. The number of methoxy groups -OCH3 is 1. The van der Waals surface area contributed by atoms with Gasteiger partial charge in [-0.25, -0.2) is 4.79 Å². The molecular weight excluding hydrogens is 326 g/mol. The predicted octanol–water partition coefficient (Wildman–Crippen LogP) is 3.13. The first-order chi connectivity index (χ1) is 9.61. The summed E-state index contributed by atoms with van der Waals surface area (Å²) in [5.74, 6) is -0.113. The summed E-state index contributed by atoms with van der Waals surface area (Å²) in [5, 5.41) is 9.06. The summed E-state index contributed by atoms with van der Waals surface area (Å²) in [4.78, 5) is 14.9. The second-order valence-corrected chi connectivity index (χ2v) is 4.78. The molecule has 0 aliphatic heterocycles. The van der Waals surface area contributed by atoms with Crippen LogP contribution in [0.25, 0.3) is 0 Å². The van der Waals surface area contributed by atoms with Crippen LogP contribution in [0.15, 0.2) is 41.1 Å². The third kappa shape index (κ3) is 3.27.